The lowest BCUT2D eigenvalue weighted by Crippen LogP contribution is -2.36. The first-order valence-electron chi connectivity index (χ1n) is 9.00. The predicted octanol–water partition coefficient (Wildman–Crippen LogP) is 3.13. The number of methoxy groups -OCH3 is 1. The van der Waals surface area contributed by atoms with Gasteiger partial charge in [-0.3, -0.25) is 9.59 Å². The van der Waals surface area contributed by atoms with Gasteiger partial charge in [0.15, 0.2) is 0 Å². The molecule has 2 aromatic rings. The summed E-state index contributed by atoms with van der Waals surface area (Å²) in [5.74, 6) is 0.209. The largest absolute Gasteiger partial charge is 0.383 e. The molecule has 27 heavy (non-hydrogen) atoms. The van der Waals surface area contributed by atoms with Crippen LogP contribution in [0.2, 0.25) is 0 Å². The number of benzene rings is 2. The van der Waals surface area contributed by atoms with E-state index < -0.39 is 0 Å². The number of nitrogens with one attached hydrogen (secondary N) is 1. The van der Waals surface area contributed by atoms with Crippen LogP contribution in [0.3, 0.4) is 0 Å². The number of hydrogen-bond donors (Lipinski definition) is 1. The fourth-order valence-electron chi connectivity index (χ4n) is 3.19. The molecule has 0 spiro atoms. The molecule has 0 saturated heterocycles. The van der Waals surface area contributed by atoms with Crippen molar-refractivity contribution < 1.29 is 14.3 Å². The van der Waals surface area contributed by atoms with E-state index in [-0.39, 0.29) is 17.9 Å². The number of carbonyl (C=O) groups excluding carboxylic acids is 2. The number of anilines is 1. The Hall–Kier alpha value is -2.31. The second-order valence-corrected chi connectivity index (χ2v) is 7.56. The zero-order chi connectivity index (χ0) is 19.2. The smallest absolute Gasteiger partial charge is 0.252 e. The molecule has 1 aliphatic heterocycles. The van der Waals surface area contributed by atoms with E-state index in [0.29, 0.717) is 17.9 Å². The van der Waals surface area contributed by atoms with Crippen LogP contribution in [0.1, 0.15) is 22.8 Å². The Morgan fingerprint density at radius 2 is 1.93 bits per heavy atom. The highest BCUT2D eigenvalue weighted by molar-refractivity contribution is 8.00. The molecule has 142 valence electrons. The molecule has 0 radical (unpaired) electrons. The number of ether oxygens (including phenoxy) is 1. The fourth-order valence-corrected chi connectivity index (χ4v) is 4.11. The molecule has 1 unspecified atom stereocenters. The van der Waals surface area contributed by atoms with Crippen LogP contribution in [-0.4, -0.2) is 43.9 Å². The van der Waals surface area contributed by atoms with Crippen molar-refractivity contribution in [1.29, 1.82) is 0 Å². The maximum atomic E-state index is 12.7. The lowest BCUT2D eigenvalue weighted by molar-refractivity contribution is -0.116. The van der Waals surface area contributed by atoms with Crippen LogP contribution in [0, 0.1) is 0 Å². The maximum Gasteiger partial charge on any atom is 0.252 e. The predicted molar refractivity (Wildman–Crippen MR) is 108 cm³/mol. The zero-order valence-electron chi connectivity index (χ0n) is 15.6. The summed E-state index contributed by atoms with van der Waals surface area (Å²) in [4.78, 5) is 27.9. The molecule has 6 heteroatoms. The third-order valence-electron chi connectivity index (χ3n) is 4.47. The lowest BCUT2D eigenvalue weighted by atomic mass is 10.2. The summed E-state index contributed by atoms with van der Waals surface area (Å²) >= 11 is 1.40. The van der Waals surface area contributed by atoms with Gasteiger partial charge in [-0.05, 0) is 37.1 Å². The zero-order valence-corrected chi connectivity index (χ0v) is 16.4. The quantitative estimate of drug-likeness (QED) is 0.745. The molecule has 1 N–H and O–H groups in total. The van der Waals surface area contributed by atoms with Crippen molar-refractivity contribution in [3.8, 4) is 0 Å². The van der Waals surface area contributed by atoms with Crippen molar-refractivity contribution in [1.82, 2.24) is 5.32 Å². The molecule has 0 aliphatic carbocycles. The minimum absolute atomic E-state index is 0.0629. The molecule has 0 bridgehead atoms. The Labute approximate surface area is 164 Å². The third kappa shape index (κ3) is 4.70. The van der Waals surface area contributed by atoms with Crippen LogP contribution in [-0.2, 0) is 16.0 Å². The number of para-hydroxylation sites is 1. The van der Waals surface area contributed by atoms with Gasteiger partial charge in [0.1, 0.15) is 0 Å². The van der Waals surface area contributed by atoms with Crippen LogP contribution in [0.25, 0.3) is 0 Å². The highest BCUT2D eigenvalue weighted by atomic mass is 32.2. The molecular formula is C21H24N2O3S. The molecule has 0 aromatic heterocycles. The summed E-state index contributed by atoms with van der Waals surface area (Å²) in [6.45, 7) is 3.06. The Morgan fingerprint density at radius 3 is 2.74 bits per heavy atom. The Bertz CT molecular complexity index is 825. The number of amides is 2. The Morgan fingerprint density at radius 1 is 1.19 bits per heavy atom. The van der Waals surface area contributed by atoms with Crippen LogP contribution in [0.5, 0.6) is 0 Å². The van der Waals surface area contributed by atoms with Crippen molar-refractivity contribution in [2.75, 3.05) is 30.9 Å². The summed E-state index contributed by atoms with van der Waals surface area (Å²) in [6.07, 6.45) is 0.892. The summed E-state index contributed by atoms with van der Waals surface area (Å²) in [5.41, 5.74) is 2.80. The van der Waals surface area contributed by atoms with Gasteiger partial charge in [-0.25, -0.2) is 0 Å². The average Bonchev–Trinajstić information content (AvgIpc) is 3.10. The second-order valence-electron chi connectivity index (χ2n) is 6.54. The summed E-state index contributed by atoms with van der Waals surface area (Å²) < 4.78 is 5.07. The summed E-state index contributed by atoms with van der Waals surface area (Å²) in [7, 11) is 1.61. The van der Waals surface area contributed by atoms with E-state index in [0.717, 1.165) is 23.5 Å². The van der Waals surface area contributed by atoms with Crippen LogP contribution in [0.4, 0.5) is 5.69 Å². The van der Waals surface area contributed by atoms with Crippen LogP contribution >= 0.6 is 11.8 Å². The highest BCUT2D eigenvalue weighted by Crippen LogP contribution is 2.29. The number of rotatable bonds is 7. The number of fused-ring (bicyclic) bond motifs is 1. The van der Waals surface area contributed by atoms with Crippen molar-refractivity contribution in [3.05, 3.63) is 59.7 Å². The van der Waals surface area contributed by atoms with Gasteiger partial charge in [-0.2, -0.15) is 0 Å². The highest BCUT2D eigenvalue weighted by Gasteiger charge is 2.24. The molecule has 2 aromatic carbocycles. The minimum atomic E-state index is -0.151. The van der Waals surface area contributed by atoms with Crippen molar-refractivity contribution in [3.63, 3.8) is 0 Å². The van der Waals surface area contributed by atoms with Gasteiger partial charge in [0, 0.05) is 30.3 Å². The lowest BCUT2D eigenvalue weighted by Gasteiger charge is -2.18. The van der Waals surface area contributed by atoms with E-state index in [1.807, 2.05) is 48.2 Å². The van der Waals surface area contributed by atoms with E-state index in [1.54, 1.807) is 13.2 Å². The van der Waals surface area contributed by atoms with Gasteiger partial charge < -0.3 is 15.0 Å². The van der Waals surface area contributed by atoms with Gasteiger partial charge in [0.05, 0.1) is 17.9 Å². The summed E-state index contributed by atoms with van der Waals surface area (Å²) in [5, 5.41) is 2.92. The maximum absolute atomic E-state index is 12.7. The second kappa shape index (κ2) is 9.06. The Kier molecular flexibility index (Phi) is 6.53. The van der Waals surface area contributed by atoms with Crippen LogP contribution in [0.15, 0.2) is 53.4 Å². The molecule has 1 heterocycles. The van der Waals surface area contributed by atoms with E-state index in [4.69, 9.17) is 4.74 Å². The normalized spacial score (nSPS) is 13.9. The first-order valence-corrected chi connectivity index (χ1v) is 9.98. The molecule has 5 nitrogen and oxygen atoms in total. The van der Waals surface area contributed by atoms with E-state index in [1.165, 1.54) is 17.3 Å². The molecular weight excluding hydrogens is 360 g/mol. The molecule has 0 fully saturated rings. The SMILES string of the molecule is COCC(C)NC(=O)c1ccccc1SCC(=O)N1CCc2ccccc21. The number of carbonyl (C=O) groups is 2. The van der Waals surface area contributed by atoms with Crippen LogP contribution < -0.4 is 10.2 Å². The monoisotopic (exact) mass is 384 g/mol. The number of hydrogen-bond acceptors (Lipinski definition) is 4. The van der Waals surface area contributed by atoms with Crippen molar-refractivity contribution >= 4 is 29.3 Å². The van der Waals surface area contributed by atoms with Gasteiger partial charge in [-0.15, -0.1) is 11.8 Å². The summed E-state index contributed by atoms with van der Waals surface area (Å²) in [6, 6.07) is 15.3. The standard InChI is InChI=1S/C21H24N2O3S/c1-15(13-26-2)22-21(25)17-8-4-6-10-19(17)27-14-20(24)23-12-11-16-7-3-5-9-18(16)23/h3-10,15H,11-14H2,1-2H3,(H,22,25). The van der Waals surface area contributed by atoms with Gasteiger partial charge in [-0.1, -0.05) is 30.3 Å². The molecule has 1 aliphatic rings. The number of thioether (sulfide) groups is 1. The van der Waals surface area contributed by atoms with Gasteiger partial charge in [0.25, 0.3) is 5.91 Å². The van der Waals surface area contributed by atoms with E-state index >= 15 is 0 Å². The molecule has 1 atom stereocenters. The molecule has 2 amide bonds. The van der Waals surface area contributed by atoms with Gasteiger partial charge in [0.2, 0.25) is 5.91 Å². The van der Waals surface area contributed by atoms with Gasteiger partial charge >= 0.3 is 0 Å². The van der Waals surface area contributed by atoms with Crippen molar-refractivity contribution in [2.24, 2.45) is 0 Å². The number of nitrogens with zero attached hydrogens (tertiary/aromatic N) is 1. The average molecular weight is 385 g/mol. The van der Waals surface area contributed by atoms with E-state index in [2.05, 4.69) is 11.4 Å². The fraction of sp³-hybridized carbons (Fsp3) is 0.333. The van der Waals surface area contributed by atoms with E-state index in [9.17, 15) is 9.59 Å². The first-order chi connectivity index (χ1) is 13.1. The van der Waals surface area contributed by atoms with Crippen molar-refractivity contribution in [2.45, 2.75) is 24.3 Å². The minimum Gasteiger partial charge on any atom is -0.383 e. The topological polar surface area (TPSA) is 58.6 Å². The first kappa shape index (κ1) is 19.5. The molecule has 0 saturated carbocycles. The Balaban J connectivity index is 1.65. The third-order valence-corrected chi connectivity index (χ3v) is 5.52. The molecule has 3 rings (SSSR count).